The highest BCUT2D eigenvalue weighted by atomic mass is 35.5. The average molecular weight is 315 g/mol. The number of nitro groups is 1. The zero-order valence-electron chi connectivity index (χ0n) is 11.4. The van der Waals surface area contributed by atoms with Crippen LogP contribution in [0.4, 0.5) is 5.69 Å². The number of ether oxygens (including phenoxy) is 1. The zero-order chi connectivity index (χ0) is 15.5. The highest BCUT2D eigenvalue weighted by Crippen LogP contribution is 2.26. The second kappa shape index (κ2) is 5.99. The number of halogens is 1. The number of nitrogens with zero attached hydrogens (tertiary/aromatic N) is 2. The van der Waals surface area contributed by atoms with Gasteiger partial charge in [0.05, 0.1) is 10.4 Å². The molecule has 1 aromatic heterocycles. The maximum absolute atomic E-state index is 10.6. The van der Waals surface area contributed by atoms with Crippen LogP contribution in [0.1, 0.15) is 5.56 Å². The number of nitro benzene ring substituents is 1. The van der Waals surface area contributed by atoms with Gasteiger partial charge in [0.15, 0.2) is 0 Å². The third-order valence-electron chi connectivity index (χ3n) is 3.24. The summed E-state index contributed by atoms with van der Waals surface area (Å²) in [4.78, 5) is 14.5. The Morgan fingerprint density at radius 3 is 2.64 bits per heavy atom. The fraction of sp³-hybridized carbons (Fsp3) is 0.0625. The van der Waals surface area contributed by atoms with Crippen molar-refractivity contribution in [1.82, 2.24) is 4.98 Å². The van der Waals surface area contributed by atoms with E-state index in [0.717, 1.165) is 16.5 Å². The monoisotopic (exact) mass is 314 g/mol. The van der Waals surface area contributed by atoms with Gasteiger partial charge in [-0.25, -0.2) is 0 Å². The molecule has 0 fully saturated rings. The molecule has 0 bridgehead atoms. The average Bonchev–Trinajstić information content (AvgIpc) is 2.55. The topological polar surface area (TPSA) is 65.3 Å². The van der Waals surface area contributed by atoms with Gasteiger partial charge in [0, 0.05) is 34.3 Å². The molecule has 0 aliphatic carbocycles. The van der Waals surface area contributed by atoms with Gasteiger partial charge in [-0.05, 0) is 30.3 Å². The van der Waals surface area contributed by atoms with E-state index in [4.69, 9.17) is 16.3 Å². The van der Waals surface area contributed by atoms with Crippen molar-refractivity contribution in [3.8, 4) is 5.75 Å². The Kier molecular flexibility index (Phi) is 3.89. The molecule has 0 N–H and O–H groups in total. The number of rotatable bonds is 4. The van der Waals surface area contributed by atoms with Gasteiger partial charge >= 0.3 is 0 Å². The van der Waals surface area contributed by atoms with E-state index in [1.807, 2.05) is 18.2 Å². The molecule has 1 heterocycles. The van der Waals surface area contributed by atoms with E-state index >= 15 is 0 Å². The Morgan fingerprint density at radius 2 is 1.91 bits per heavy atom. The molecule has 0 saturated carbocycles. The third-order valence-corrected chi connectivity index (χ3v) is 3.57. The lowest BCUT2D eigenvalue weighted by Gasteiger charge is -2.09. The number of fused-ring (bicyclic) bond motifs is 1. The van der Waals surface area contributed by atoms with Crippen LogP contribution in [0.15, 0.2) is 54.7 Å². The lowest BCUT2D eigenvalue weighted by molar-refractivity contribution is -0.384. The van der Waals surface area contributed by atoms with E-state index in [1.54, 1.807) is 24.4 Å². The standard InChI is InChI=1S/C16H11ClN2O3/c17-15-8-3-11(16-14(15)2-1-9-18-16)10-22-13-6-4-12(5-7-13)19(20)21/h1-9H,10H2. The number of benzene rings is 2. The first-order valence-electron chi connectivity index (χ1n) is 6.54. The van der Waals surface area contributed by atoms with Crippen molar-refractivity contribution in [3.63, 3.8) is 0 Å². The summed E-state index contributed by atoms with van der Waals surface area (Å²) >= 11 is 6.15. The van der Waals surface area contributed by atoms with Gasteiger partial charge < -0.3 is 4.74 Å². The quantitative estimate of drug-likeness (QED) is 0.529. The Bertz CT molecular complexity index is 834. The summed E-state index contributed by atoms with van der Waals surface area (Å²) < 4.78 is 5.67. The normalized spacial score (nSPS) is 10.6. The van der Waals surface area contributed by atoms with Crippen LogP contribution >= 0.6 is 11.6 Å². The summed E-state index contributed by atoms with van der Waals surface area (Å²) in [5.74, 6) is 0.560. The molecule has 6 heteroatoms. The molecule has 2 aromatic carbocycles. The lowest BCUT2D eigenvalue weighted by atomic mass is 10.1. The minimum atomic E-state index is -0.444. The van der Waals surface area contributed by atoms with E-state index in [2.05, 4.69) is 4.98 Å². The van der Waals surface area contributed by atoms with Crippen LogP contribution in [0.5, 0.6) is 5.75 Å². The molecule has 0 amide bonds. The van der Waals surface area contributed by atoms with Crippen LogP contribution in [-0.2, 0) is 6.61 Å². The van der Waals surface area contributed by atoms with Crippen molar-refractivity contribution in [2.75, 3.05) is 0 Å². The minimum absolute atomic E-state index is 0.0333. The van der Waals surface area contributed by atoms with Crippen molar-refractivity contribution in [3.05, 3.63) is 75.4 Å². The van der Waals surface area contributed by atoms with Crippen molar-refractivity contribution in [1.29, 1.82) is 0 Å². The van der Waals surface area contributed by atoms with Crippen LogP contribution < -0.4 is 4.74 Å². The molecular weight excluding hydrogens is 304 g/mol. The molecular formula is C16H11ClN2O3. The predicted molar refractivity (Wildman–Crippen MR) is 84.2 cm³/mol. The molecule has 3 rings (SSSR count). The first kappa shape index (κ1) is 14.3. The van der Waals surface area contributed by atoms with Crippen LogP contribution in [-0.4, -0.2) is 9.91 Å². The fourth-order valence-corrected chi connectivity index (χ4v) is 2.35. The molecule has 0 aliphatic heterocycles. The summed E-state index contributed by atoms with van der Waals surface area (Å²) in [6.07, 6.45) is 1.70. The largest absolute Gasteiger partial charge is 0.489 e. The van der Waals surface area contributed by atoms with Gasteiger partial charge in [-0.3, -0.25) is 15.1 Å². The Morgan fingerprint density at radius 1 is 1.14 bits per heavy atom. The van der Waals surface area contributed by atoms with E-state index < -0.39 is 4.92 Å². The molecule has 110 valence electrons. The van der Waals surface area contributed by atoms with Crippen molar-refractivity contribution >= 4 is 28.2 Å². The summed E-state index contributed by atoms with van der Waals surface area (Å²) in [5.41, 5.74) is 1.72. The summed E-state index contributed by atoms with van der Waals surface area (Å²) in [6, 6.07) is 13.4. The smallest absolute Gasteiger partial charge is 0.269 e. The molecule has 0 unspecified atom stereocenters. The lowest BCUT2D eigenvalue weighted by Crippen LogP contribution is -1.98. The molecule has 0 spiro atoms. The predicted octanol–water partition coefficient (Wildman–Crippen LogP) is 4.38. The third kappa shape index (κ3) is 2.84. The molecule has 3 aromatic rings. The van der Waals surface area contributed by atoms with E-state index in [-0.39, 0.29) is 5.69 Å². The molecule has 22 heavy (non-hydrogen) atoms. The Hall–Kier alpha value is -2.66. The number of hydrogen-bond donors (Lipinski definition) is 0. The first-order valence-corrected chi connectivity index (χ1v) is 6.92. The zero-order valence-corrected chi connectivity index (χ0v) is 12.2. The maximum Gasteiger partial charge on any atom is 0.269 e. The van der Waals surface area contributed by atoms with Crippen molar-refractivity contribution in [2.45, 2.75) is 6.61 Å². The van der Waals surface area contributed by atoms with Crippen LogP contribution in [0.2, 0.25) is 5.02 Å². The van der Waals surface area contributed by atoms with Gasteiger partial charge in [0.2, 0.25) is 0 Å². The Balaban J connectivity index is 1.82. The summed E-state index contributed by atoms with van der Waals surface area (Å²) in [7, 11) is 0. The van der Waals surface area contributed by atoms with Gasteiger partial charge in [-0.2, -0.15) is 0 Å². The number of aromatic nitrogens is 1. The molecule has 5 nitrogen and oxygen atoms in total. The summed E-state index contributed by atoms with van der Waals surface area (Å²) in [5, 5.41) is 12.1. The molecule has 0 saturated heterocycles. The molecule has 0 aliphatic rings. The van der Waals surface area contributed by atoms with Gasteiger partial charge in [0.1, 0.15) is 12.4 Å². The first-order chi connectivity index (χ1) is 10.6. The summed E-state index contributed by atoms with van der Waals surface area (Å²) in [6.45, 7) is 0.308. The van der Waals surface area contributed by atoms with E-state index in [1.165, 1.54) is 12.1 Å². The maximum atomic E-state index is 10.6. The number of non-ortho nitro benzene ring substituents is 1. The highest BCUT2D eigenvalue weighted by Gasteiger charge is 2.08. The van der Waals surface area contributed by atoms with Crippen molar-refractivity contribution < 1.29 is 9.66 Å². The molecule has 0 atom stereocenters. The second-order valence-electron chi connectivity index (χ2n) is 4.65. The fourth-order valence-electron chi connectivity index (χ4n) is 2.14. The number of hydrogen-bond acceptors (Lipinski definition) is 4. The van der Waals surface area contributed by atoms with Gasteiger partial charge in [-0.15, -0.1) is 0 Å². The van der Waals surface area contributed by atoms with Crippen molar-refractivity contribution in [2.24, 2.45) is 0 Å². The van der Waals surface area contributed by atoms with E-state index in [9.17, 15) is 10.1 Å². The second-order valence-corrected chi connectivity index (χ2v) is 5.05. The van der Waals surface area contributed by atoms with Crippen LogP contribution in [0, 0.1) is 10.1 Å². The van der Waals surface area contributed by atoms with Crippen LogP contribution in [0.25, 0.3) is 10.9 Å². The van der Waals surface area contributed by atoms with Gasteiger partial charge in [0.25, 0.3) is 5.69 Å². The Labute approximate surface area is 131 Å². The highest BCUT2D eigenvalue weighted by molar-refractivity contribution is 6.35. The minimum Gasteiger partial charge on any atom is -0.489 e. The molecule has 0 radical (unpaired) electrons. The SMILES string of the molecule is O=[N+]([O-])c1ccc(OCc2ccc(Cl)c3cccnc23)cc1. The number of pyridine rings is 1. The van der Waals surface area contributed by atoms with Gasteiger partial charge in [-0.1, -0.05) is 17.7 Å². The van der Waals surface area contributed by atoms with Crippen LogP contribution in [0.3, 0.4) is 0 Å². The van der Waals surface area contributed by atoms with E-state index in [0.29, 0.717) is 17.4 Å².